The van der Waals surface area contributed by atoms with Crippen LogP contribution in [0.25, 0.3) is 10.8 Å². The lowest BCUT2D eigenvalue weighted by Crippen LogP contribution is -2.57. The lowest BCUT2D eigenvalue weighted by molar-refractivity contribution is -0.154. The van der Waals surface area contributed by atoms with Gasteiger partial charge in [0.25, 0.3) is 5.91 Å². The van der Waals surface area contributed by atoms with Gasteiger partial charge in [-0.05, 0) is 42.7 Å². The second-order valence-corrected chi connectivity index (χ2v) is 11.0. The van der Waals surface area contributed by atoms with Crippen molar-refractivity contribution in [1.29, 1.82) is 0 Å². The molecule has 5 rings (SSSR count). The van der Waals surface area contributed by atoms with E-state index in [0.717, 1.165) is 10.8 Å². The number of carbonyl (C=O) groups excluding carboxylic acids is 3. The maximum Gasteiger partial charge on any atom is 0.312 e. The van der Waals surface area contributed by atoms with E-state index < -0.39 is 35.6 Å². The van der Waals surface area contributed by atoms with E-state index in [2.05, 4.69) is 22.5 Å². The summed E-state index contributed by atoms with van der Waals surface area (Å²) < 4.78 is 11.8. The average Bonchev–Trinajstić information content (AvgIpc) is 3.48. The number of fused-ring (bicyclic) bond motifs is 2. The first kappa shape index (κ1) is 25.9. The number of likely N-dealkylation sites (tertiary alicyclic amines) is 1. The van der Waals surface area contributed by atoms with E-state index in [0.29, 0.717) is 18.5 Å². The molecule has 37 heavy (non-hydrogen) atoms. The molecule has 2 aromatic carbocycles. The highest BCUT2D eigenvalue weighted by Crippen LogP contribution is 2.60. The van der Waals surface area contributed by atoms with Gasteiger partial charge in [-0.1, -0.05) is 52.3 Å². The topological polar surface area (TPSA) is 96.4 Å². The molecule has 2 aromatic rings. The summed E-state index contributed by atoms with van der Waals surface area (Å²) in [7, 11) is 0. The summed E-state index contributed by atoms with van der Waals surface area (Å²) in [4.78, 5) is 44.2. The number of anilines is 1. The third kappa shape index (κ3) is 4.08. The van der Waals surface area contributed by atoms with E-state index >= 15 is 0 Å². The summed E-state index contributed by atoms with van der Waals surface area (Å²) in [5.74, 6) is -2.70. The van der Waals surface area contributed by atoms with Gasteiger partial charge >= 0.3 is 5.97 Å². The number of alkyl halides is 1. The lowest BCUT2D eigenvalue weighted by atomic mass is 9.70. The van der Waals surface area contributed by atoms with Crippen molar-refractivity contribution in [1.82, 2.24) is 4.90 Å². The van der Waals surface area contributed by atoms with E-state index in [4.69, 9.17) is 9.47 Å². The number of halogens is 1. The van der Waals surface area contributed by atoms with Crippen LogP contribution in [0.1, 0.15) is 19.8 Å². The first-order valence-corrected chi connectivity index (χ1v) is 13.6. The first-order chi connectivity index (χ1) is 17.9. The average molecular weight is 571 g/mol. The Morgan fingerprint density at radius 1 is 1.30 bits per heavy atom. The number of ether oxygens (including phenoxy) is 2. The second kappa shape index (κ2) is 10.2. The lowest BCUT2D eigenvalue weighted by Gasteiger charge is -2.37. The molecule has 9 heteroatoms. The molecule has 3 saturated heterocycles. The second-order valence-electron chi connectivity index (χ2n) is 9.79. The highest BCUT2D eigenvalue weighted by molar-refractivity contribution is 9.09. The van der Waals surface area contributed by atoms with E-state index in [9.17, 15) is 19.5 Å². The highest BCUT2D eigenvalue weighted by Gasteiger charge is 2.77. The predicted molar refractivity (Wildman–Crippen MR) is 142 cm³/mol. The molecule has 3 aliphatic heterocycles. The van der Waals surface area contributed by atoms with Crippen LogP contribution >= 0.6 is 15.9 Å². The minimum absolute atomic E-state index is 0.130. The van der Waals surface area contributed by atoms with Crippen molar-refractivity contribution < 1.29 is 29.0 Å². The minimum Gasteiger partial charge on any atom is -0.466 e. The molecule has 1 unspecified atom stereocenters. The van der Waals surface area contributed by atoms with Gasteiger partial charge in [0, 0.05) is 30.2 Å². The zero-order chi connectivity index (χ0) is 26.3. The molecule has 2 amide bonds. The van der Waals surface area contributed by atoms with Gasteiger partial charge < -0.3 is 24.4 Å². The van der Waals surface area contributed by atoms with Gasteiger partial charge in [0.2, 0.25) is 5.91 Å². The number of amides is 2. The molecule has 196 valence electrons. The molecule has 0 aromatic heterocycles. The van der Waals surface area contributed by atoms with E-state index in [1.807, 2.05) is 42.5 Å². The Balaban J connectivity index is 1.58. The summed E-state index contributed by atoms with van der Waals surface area (Å²) in [5.41, 5.74) is -0.487. The van der Waals surface area contributed by atoms with Gasteiger partial charge in [-0.3, -0.25) is 14.4 Å². The van der Waals surface area contributed by atoms with Crippen LogP contribution in [0.4, 0.5) is 5.69 Å². The number of benzene rings is 2. The van der Waals surface area contributed by atoms with Crippen LogP contribution < -0.4 is 4.90 Å². The Morgan fingerprint density at radius 3 is 2.76 bits per heavy atom. The normalized spacial score (nSPS) is 30.0. The Bertz CT molecular complexity index is 1240. The Morgan fingerprint density at radius 2 is 2.05 bits per heavy atom. The van der Waals surface area contributed by atoms with E-state index in [-0.39, 0.29) is 42.9 Å². The van der Waals surface area contributed by atoms with Crippen LogP contribution in [0.15, 0.2) is 55.1 Å². The number of hydrogen-bond donors (Lipinski definition) is 1. The quantitative estimate of drug-likeness (QED) is 0.283. The summed E-state index contributed by atoms with van der Waals surface area (Å²) >= 11 is 3.65. The van der Waals surface area contributed by atoms with Gasteiger partial charge in [-0.25, -0.2) is 0 Å². The van der Waals surface area contributed by atoms with Crippen molar-refractivity contribution >= 4 is 50.2 Å². The number of aliphatic hydroxyl groups is 1. The molecule has 8 nitrogen and oxygen atoms in total. The number of rotatable bonds is 9. The zero-order valence-corrected chi connectivity index (χ0v) is 22.3. The fraction of sp³-hybridized carbons (Fsp3) is 0.464. The van der Waals surface area contributed by atoms with Crippen LogP contribution in [-0.2, 0) is 23.9 Å². The largest absolute Gasteiger partial charge is 0.466 e. The molecule has 0 aliphatic carbocycles. The Hall–Kier alpha value is -2.75. The molecule has 1 spiro atoms. The smallest absolute Gasteiger partial charge is 0.312 e. The fourth-order valence-electron chi connectivity index (χ4n) is 6.34. The number of carbonyl (C=O) groups is 3. The number of esters is 1. The van der Waals surface area contributed by atoms with Gasteiger partial charge in [0.15, 0.2) is 0 Å². The molecular formula is C28H31BrN2O6. The van der Waals surface area contributed by atoms with Gasteiger partial charge in [-0.15, -0.1) is 6.58 Å². The maximum atomic E-state index is 14.4. The van der Waals surface area contributed by atoms with Gasteiger partial charge in [-0.2, -0.15) is 0 Å². The van der Waals surface area contributed by atoms with Crippen molar-refractivity contribution in [2.75, 3.05) is 31.2 Å². The van der Waals surface area contributed by atoms with Crippen molar-refractivity contribution in [2.45, 2.75) is 42.3 Å². The molecule has 0 saturated carbocycles. The third-order valence-corrected chi connectivity index (χ3v) is 8.61. The molecular weight excluding hydrogens is 540 g/mol. The highest BCUT2D eigenvalue weighted by atomic mass is 79.9. The zero-order valence-electron chi connectivity index (χ0n) is 20.7. The number of nitrogens with zero attached hydrogens (tertiary/aromatic N) is 2. The van der Waals surface area contributed by atoms with E-state index in [1.54, 1.807) is 17.9 Å². The van der Waals surface area contributed by atoms with E-state index in [1.165, 1.54) is 4.90 Å². The molecule has 3 fully saturated rings. The predicted octanol–water partition coefficient (Wildman–Crippen LogP) is 3.05. The Labute approximate surface area is 224 Å². The van der Waals surface area contributed by atoms with Crippen molar-refractivity contribution in [3.63, 3.8) is 0 Å². The van der Waals surface area contributed by atoms with Gasteiger partial charge in [0.1, 0.15) is 11.6 Å². The first-order valence-electron chi connectivity index (χ1n) is 12.7. The van der Waals surface area contributed by atoms with Crippen LogP contribution in [0.5, 0.6) is 0 Å². The number of hydrogen-bond acceptors (Lipinski definition) is 6. The maximum absolute atomic E-state index is 14.4. The standard InChI is InChI=1S/C28H31BrN2O6/c1-3-12-30(19-11-10-17-8-5-6-9-18(17)15-19)26(34)24-28-16-20(29)23(37-28)21(27(35)36-4-2)22(28)25(33)31(24)13-7-14-32/h3,5-6,8-11,15,20-24,32H,1,4,7,12-14,16H2,2H3/t20?,21-,22+,23-,24-,28+/m0/s1. The van der Waals surface area contributed by atoms with Crippen LogP contribution in [0.3, 0.4) is 0 Å². The summed E-state index contributed by atoms with van der Waals surface area (Å²) in [6.07, 6.45) is 1.81. The molecule has 1 N–H and O–H groups in total. The van der Waals surface area contributed by atoms with Crippen LogP contribution in [0, 0.1) is 11.8 Å². The van der Waals surface area contributed by atoms with Gasteiger partial charge in [0.05, 0.1) is 24.5 Å². The summed E-state index contributed by atoms with van der Waals surface area (Å²) in [5, 5.41) is 11.6. The number of aliphatic hydroxyl groups excluding tert-OH is 1. The SMILES string of the molecule is C=CCN(C(=O)[C@@H]1N(CCCO)C(=O)[C@H]2[C@H](C(=O)OCC)[C@H]3O[C@@]12CC3Br)c1ccc2ccccc2c1. The van der Waals surface area contributed by atoms with Crippen LogP contribution in [0.2, 0.25) is 0 Å². The Kier molecular flexibility index (Phi) is 7.13. The van der Waals surface area contributed by atoms with Crippen molar-refractivity contribution in [3.05, 3.63) is 55.1 Å². The fourth-order valence-corrected chi connectivity index (χ4v) is 7.28. The monoisotopic (exact) mass is 570 g/mol. The van der Waals surface area contributed by atoms with Crippen molar-refractivity contribution in [2.24, 2.45) is 11.8 Å². The van der Waals surface area contributed by atoms with Crippen molar-refractivity contribution in [3.8, 4) is 0 Å². The molecule has 2 bridgehead atoms. The van der Waals surface area contributed by atoms with Crippen LogP contribution in [-0.4, -0.2) is 76.7 Å². The molecule has 3 aliphatic rings. The molecule has 6 atom stereocenters. The minimum atomic E-state index is -1.17. The summed E-state index contributed by atoms with van der Waals surface area (Å²) in [6, 6.07) is 12.7. The third-order valence-electron chi connectivity index (χ3n) is 7.76. The molecule has 0 radical (unpaired) electrons. The summed E-state index contributed by atoms with van der Waals surface area (Å²) in [6.45, 7) is 6.05. The molecule has 3 heterocycles.